The second-order valence-corrected chi connectivity index (χ2v) is 12.3. The molecule has 0 saturated heterocycles. The zero-order valence-electron chi connectivity index (χ0n) is 20.4. The van der Waals surface area contributed by atoms with Crippen LogP contribution >= 0.6 is 11.8 Å². The van der Waals surface area contributed by atoms with Gasteiger partial charge in [0, 0.05) is 10.8 Å². The molecular weight excluding hydrogens is 440 g/mol. The Hall–Kier alpha value is -2.51. The molecule has 0 N–H and O–H groups in total. The molecule has 0 saturated carbocycles. The molecule has 6 aliphatic rings. The Bertz CT molecular complexity index is 1420. The average molecular weight is 473 g/mol. The second-order valence-electron chi connectivity index (χ2n) is 11.2. The fourth-order valence-electron chi connectivity index (χ4n) is 8.22. The lowest BCUT2D eigenvalue weighted by Gasteiger charge is -2.48. The van der Waals surface area contributed by atoms with Crippen LogP contribution in [0.15, 0.2) is 87.7 Å². The standard InChI is InChI=1S/C34H32S/c1-2-12-23-22(10-1)11-9-15-24(23)27-20-21-31-33(27)35-32-19-8-7-18-30(32)34(31)28-16-5-3-13-25(28)26-14-4-6-17-29(26)34/h3-5,9,11,13-16,20-21,31H,1-2,6-8,10,12,17-19H2. The molecule has 2 unspecified atom stereocenters. The monoisotopic (exact) mass is 472 g/mol. The van der Waals surface area contributed by atoms with E-state index in [4.69, 9.17) is 0 Å². The minimum atomic E-state index is 0.0418. The van der Waals surface area contributed by atoms with Gasteiger partial charge in [0.15, 0.2) is 0 Å². The number of benzene rings is 2. The summed E-state index contributed by atoms with van der Waals surface area (Å²) in [6, 6.07) is 16.6. The molecule has 0 amide bonds. The van der Waals surface area contributed by atoms with Gasteiger partial charge < -0.3 is 0 Å². The molecule has 1 heteroatoms. The van der Waals surface area contributed by atoms with Crippen molar-refractivity contribution in [3.05, 3.63) is 116 Å². The number of hydrogen-bond acceptors (Lipinski definition) is 1. The van der Waals surface area contributed by atoms with Crippen molar-refractivity contribution in [1.82, 2.24) is 0 Å². The van der Waals surface area contributed by atoms with Gasteiger partial charge in [0.25, 0.3) is 0 Å². The van der Waals surface area contributed by atoms with Crippen LogP contribution in [0.25, 0.3) is 11.1 Å². The van der Waals surface area contributed by atoms with E-state index in [2.05, 4.69) is 78.5 Å². The van der Waals surface area contributed by atoms with Crippen LogP contribution in [0.1, 0.15) is 79.2 Å². The van der Waals surface area contributed by atoms with Gasteiger partial charge in [-0.2, -0.15) is 0 Å². The number of fused-ring (bicyclic) bond motifs is 8. The van der Waals surface area contributed by atoms with Gasteiger partial charge in [-0.1, -0.05) is 78.5 Å². The summed E-state index contributed by atoms with van der Waals surface area (Å²) in [5, 5.41) is 0. The Morgan fingerprint density at radius 2 is 1.57 bits per heavy atom. The molecule has 1 heterocycles. The van der Waals surface area contributed by atoms with Crippen LogP contribution in [-0.2, 0) is 18.3 Å². The van der Waals surface area contributed by atoms with Crippen LogP contribution in [0.2, 0.25) is 0 Å². The van der Waals surface area contributed by atoms with Crippen LogP contribution in [0, 0.1) is 5.92 Å². The van der Waals surface area contributed by atoms with Crippen LogP contribution < -0.4 is 0 Å². The van der Waals surface area contributed by atoms with Gasteiger partial charge in [-0.3, -0.25) is 0 Å². The van der Waals surface area contributed by atoms with Gasteiger partial charge in [-0.25, -0.2) is 0 Å². The minimum absolute atomic E-state index is 0.0418. The smallest absolute Gasteiger partial charge is 0.0505 e. The van der Waals surface area contributed by atoms with Crippen molar-refractivity contribution >= 4 is 22.9 Å². The fraction of sp³-hybridized carbons (Fsp3) is 0.353. The summed E-state index contributed by atoms with van der Waals surface area (Å²) >= 11 is 2.17. The fourth-order valence-corrected chi connectivity index (χ4v) is 9.79. The zero-order chi connectivity index (χ0) is 23.0. The van der Waals surface area contributed by atoms with Crippen LogP contribution in [0.4, 0.5) is 0 Å². The highest BCUT2D eigenvalue weighted by Gasteiger charge is 2.56. The third kappa shape index (κ3) is 2.71. The Morgan fingerprint density at radius 3 is 2.57 bits per heavy atom. The summed E-state index contributed by atoms with van der Waals surface area (Å²) in [5.41, 5.74) is 14.5. The molecule has 2 aromatic rings. The Morgan fingerprint density at radius 1 is 0.714 bits per heavy atom. The topological polar surface area (TPSA) is 0 Å². The molecule has 8 rings (SSSR count). The van der Waals surface area contributed by atoms with E-state index in [1.165, 1.54) is 86.5 Å². The summed E-state index contributed by atoms with van der Waals surface area (Å²) in [5.74, 6) is 0.443. The quantitative estimate of drug-likeness (QED) is 0.399. The summed E-state index contributed by atoms with van der Waals surface area (Å²) in [4.78, 5) is 3.34. The first kappa shape index (κ1) is 20.7. The molecule has 0 bridgehead atoms. The maximum absolute atomic E-state index is 2.61. The summed E-state index contributed by atoms with van der Waals surface area (Å²) in [6.07, 6.45) is 22.8. The maximum atomic E-state index is 2.61. The van der Waals surface area contributed by atoms with Gasteiger partial charge in [0.05, 0.1) is 5.41 Å². The Balaban J connectivity index is 1.42. The average Bonchev–Trinajstić information content (AvgIpc) is 3.47. The first-order valence-corrected chi connectivity index (χ1v) is 14.6. The van der Waals surface area contributed by atoms with Crippen molar-refractivity contribution in [3.63, 3.8) is 0 Å². The third-order valence-electron chi connectivity index (χ3n) is 9.57. The molecule has 1 spiro atoms. The van der Waals surface area contributed by atoms with E-state index in [1.807, 2.05) is 0 Å². The van der Waals surface area contributed by atoms with E-state index < -0.39 is 0 Å². The first-order valence-electron chi connectivity index (χ1n) is 13.8. The lowest BCUT2D eigenvalue weighted by molar-refractivity contribution is 0.452. The lowest BCUT2D eigenvalue weighted by atomic mass is 9.59. The molecule has 0 radical (unpaired) electrons. The number of hydrogen-bond donors (Lipinski definition) is 0. The molecule has 0 nitrogen and oxygen atoms in total. The predicted molar refractivity (Wildman–Crippen MR) is 149 cm³/mol. The van der Waals surface area contributed by atoms with E-state index in [1.54, 1.807) is 37.6 Å². The minimum Gasteiger partial charge on any atom is -0.0977 e. The second kappa shape index (κ2) is 7.74. The van der Waals surface area contributed by atoms with Crippen LogP contribution in [-0.4, -0.2) is 0 Å². The number of aryl methyl sites for hydroxylation is 1. The van der Waals surface area contributed by atoms with E-state index in [-0.39, 0.29) is 5.41 Å². The van der Waals surface area contributed by atoms with E-state index in [9.17, 15) is 0 Å². The molecule has 5 aliphatic carbocycles. The van der Waals surface area contributed by atoms with Gasteiger partial charge in [0.2, 0.25) is 0 Å². The molecule has 174 valence electrons. The van der Waals surface area contributed by atoms with Crippen molar-refractivity contribution in [3.8, 4) is 0 Å². The van der Waals surface area contributed by atoms with Crippen molar-refractivity contribution in [1.29, 1.82) is 0 Å². The van der Waals surface area contributed by atoms with Crippen molar-refractivity contribution in [2.45, 2.75) is 69.6 Å². The van der Waals surface area contributed by atoms with Crippen LogP contribution in [0.5, 0.6) is 0 Å². The molecule has 0 aromatic heterocycles. The molecule has 1 aliphatic heterocycles. The van der Waals surface area contributed by atoms with Gasteiger partial charge in [-0.05, 0) is 119 Å². The van der Waals surface area contributed by atoms with Crippen molar-refractivity contribution in [2.24, 2.45) is 5.92 Å². The van der Waals surface area contributed by atoms with E-state index >= 15 is 0 Å². The predicted octanol–water partition coefficient (Wildman–Crippen LogP) is 9.09. The largest absolute Gasteiger partial charge is 0.0977 e. The molecule has 0 fully saturated rings. The molecule has 2 atom stereocenters. The van der Waals surface area contributed by atoms with Crippen LogP contribution in [0.3, 0.4) is 0 Å². The van der Waals surface area contributed by atoms with E-state index in [0.717, 1.165) is 0 Å². The highest BCUT2D eigenvalue weighted by Crippen LogP contribution is 2.68. The van der Waals surface area contributed by atoms with Gasteiger partial charge >= 0.3 is 0 Å². The van der Waals surface area contributed by atoms with Gasteiger partial charge in [-0.15, -0.1) is 0 Å². The summed E-state index contributed by atoms with van der Waals surface area (Å²) in [6.45, 7) is 0. The zero-order valence-corrected chi connectivity index (χ0v) is 21.2. The summed E-state index contributed by atoms with van der Waals surface area (Å²) < 4.78 is 0. The SMILES string of the molecule is C1=CC2=C(CC1)C1(C3=C(CCCC3)SC3=C(c4cccc5c4CCCC5)C=CC31)c1ccccc12. The summed E-state index contributed by atoms with van der Waals surface area (Å²) in [7, 11) is 0. The number of allylic oxidation sites excluding steroid dienone is 10. The van der Waals surface area contributed by atoms with E-state index in [0.29, 0.717) is 5.92 Å². The molecule has 2 aromatic carbocycles. The third-order valence-corrected chi connectivity index (χ3v) is 11.0. The Kier molecular flexibility index (Phi) is 4.57. The lowest BCUT2D eigenvalue weighted by Crippen LogP contribution is -2.41. The Labute approximate surface area is 213 Å². The molecular formula is C34H32S. The van der Waals surface area contributed by atoms with Gasteiger partial charge in [0.1, 0.15) is 0 Å². The number of rotatable bonds is 1. The van der Waals surface area contributed by atoms with Crippen molar-refractivity contribution < 1.29 is 0 Å². The highest BCUT2D eigenvalue weighted by atomic mass is 32.2. The number of thioether (sulfide) groups is 1. The first-order chi connectivity index (χ1) is 17.4. The normalized spacial score (nSPS) is 28.3. The van der Waals surface area contributed by atoms with Crippen molar-refractivity contribution in [2.75, 3.05) is 0 Å². The maximum Gasteiger partial charge on any atom is 0.0505 e. The highest BCUT2D eigenvalue weighted by molar-refractivity contribution is 8.07. The molecule has 35 heavy (non-hydrogen) atoms.